The van der Waals surface area contributed by atoms with Gasteiger partial charge < -0.3 is 16.2 Å². The van der Waals surface area contributed by atoms with Crippen LogP contribution in [-0.4, -0.2) is 23.7 Å². The Bertz CT molecular complexity index is 472. The Morgan fingerprint density at radius 1 is 1.42 bits per heavy atom. The largest absolute Gasteiger partial charge is 0.394 e. The summed E-state index contributed by atoms with van der Waals surface area (Å²) >= 11 is 0. The predicted molar refractivity (Wildman–Crippen MR) is 74.2 cm³/mol. The van der Waals surface area contributed by atoms with Gasteiger partial charge in [0.15, 0.2) is 0 Å². The van der Waals surface area contributed by atoms with Crippen LogP contribution in [0.15, 0.2) is 42.5 Å². The van der Waals surface area contributed by atoms with E-state index in [-0.39, 0.29) is 24.5 Å². The summed E-state index contributed by atoms with van der Waals surface area (Å²) in [6.45, 7) is 1.67. The van der Waals surface area contributed by atoms with Gasteiger partial charge in [-0.2, -0.15) is 0 Å². The highest BCUT2D eigenvalue weighted by atomic mass is 16.3. The maximum absolute atomic E-state index is 12.2. The van der Waals surface area contributed by atoms with E-state index in [0.29, 0.717) is 6.42 Å². The number of hydrogen-bond acceptors (Lipinski definition) is 3. The highest BCUT2D eigenvalue weighted by molar-refractivity contribution is 5.82. The number of aliphatic hydroxyl groups is 1. The van der Waals surface area contributed by atoms with Crippen LogP contribution in [0.1, 0.15) is 18.9 Å². The molecular formula is C15H20N2O2. The van der Waals surface area contributed by atoms with E-state index in [1.807, 2.05) is 49.4 Å². The molecule has 1 aliphatic rings. The van der Waals surface area contributed by atoms with Crippen LogP contribution in [-0.2, 0) is 10.3 Å². The van der Waals surface area contributed by atoms with E-state index in [1.54, 1.807) is 0 Å². The number of aliphatic hydroxyl groups excluding tert-OH is 1. The second-order valence-electron chi connectivity index (χ2n) is 5.24. The molecule has 2 rings (SSSR count). The molecule has 4 nitrogen and oxygen atoms in total. The number of nitrogens with two attached hydrogens (primary N) is 1. The molecule has 1 amide bonds. The molecule has 4 heteroatoms. The average molecular weight is 260 g/mol. The van der Waals surface area contributed by atoms with Crippen molar-refractivity contribution < 1.29 is 9.90 Å². The summed E-state index contributed by atoms with van der Waals surface area (Å²) in [5, 5.41) is 12.6. The van der Waals surface area contributed by atoms with E-state index < -0.39 is 5.54 Å². The van der Waals surface area contributed by atoms with Crippen molar-refractivity contribution in [2.24, 2.45) is 11.7 Å². The molecule has 1 aliphatic carbocycles. The molecule has 102 valence electrons. The zero-order valence-corrected chi connectivity index (χ0v) is 11.0. The predicted octanol–water partition coefficient (Wildman–Crippen LogP) is 0.914. The molecule has 0 aliphatic heterocycles. The Morgan fingerprint density at radius 3 is 2.63 bits per heavy atom. The van der Waals surface area contributed by atoms with Gasteiger partial charge in [-0.15, -0.1) is 0 Å². The topological polar surface area (TPSA) is 75.3 Å². The summed E-state index contributed by atoms with van der Waals surface area (Å²) in [5.41, 5.74) is 5.88. The van der Waals surface area contributed by atoms with Gasteiger partial charge in [-0.05, 0) is 18.9 Å². The zero-order chi connectivity index (χ0) is 13.9. The van der Waals surface area contributed by atoms with Crippen molar-refractivity contribution in [1.82, 2.24) is 5.32 Å². The van der Waals surface area contributed by atoms with Crippen molar-refractivity contribution in [3.63, 3.8) is 0 Å². The van der Waals surface area contributed by atoms with Crippen molar-refractivity contribution in [3.8, 4) is 0 Å². The molecule has 4 N–H and O–H groups in total. The quantitative estimate of drug-likeness (QED) is 0.704. The van der Waals surface area contributed by atoms with Crippen LogP contribution in [0.3, 0.4) is 0 Å². The van der Waals surface area contributed by atoms with Crippen molar-refractivity contribution >= 4 is 5.91 Å². The number of benzene rings is 1. The third-order valence-corrected chi connectivity index (χ3v) is 3.58. The molecule has 1 aromatic carbocycles. The maximum Gasteiger partial charge on any atom is 0.227 e. The van der Waals surface area contributed by atoms with Crippen molar-refractivity contribution in [1.29, 1.82) is 0 Å². The molecule has 0 radical (unpaired) electrons. The molecule has 0 aromatic heterocycles. The second-order valence-corrected chi connectivity index (χ2v) is 5.24. The zero-order valence-electron chi connectivity index (χ0n) is 11.0. The first kappa shape index (κ1) is 13.8. The SMILES string of the molecule is CC(CO)(NC(=O)C1C=CC(N)C1)c1ccccc1. The van der Waals surface area contributed by atoms with Gasteiger partial charge in [0.2, 0.25) is 5.91 Å². The Labute approximate surface area is 113 Å². The Kier molecular flexibility index (Phi) is 4.02. The molecule has 0 saturated carbocycles. The van der Waals surface area contributed by atoms with E-state index in [2.05, 4.69) is 5.32 Å². The van der Waals surface area contributed by atoms with E-state index in [4.69, 9.17) is 5.73 Å². The molecule has 0 bridgehead atoms. The highest BCUT2D eigenvalue weighted by Gasteiger charge is 2.31. The third kappa shape index (κ3) is 3.03. The number of carbonyl (C=O) groups is 1. The minimum absolute atomic E-state index is 0.0483. The standard InChI is InChI=1S/C15H20N2O2/c1-15(10-18,12-5-3-2-4-6-12)17-14(19)11-7-8-13(16)9-11/h2-8,11,13,18H,9-10,16H2,1H3,(H,17,19). The molecule has 0 spiro atoms. The summed E-state index contributed by atoms with van der Waals surface area (Å²) in [6.07, 6.45) is 4.31. The molecule has 3 atom stereocenters. The van der Waals surface area contributed by atoms with Gasteiger partial charge in [0.05, 0.1) is 18.1 Å². The van der Waals surface area contributed by atoms with Gasteiger partial charge in [-0.25, -0.2) is 0 Å². The molecule has 3 unspecified atom stereocenters. The van der Waals surface area contributed by atoms with Crippen molar-refractivity contribution in [2.75, 3.05) is 6.61 Å². The summed E-state index contributed by atoms with van der Waals surface area (Å²) in [4.78, 5) is 12.2. The highest BCUT2D eigenvalue weighted by Crippen LogP contribution is 2.23. The minimum Gasteiger partial charge on any atom is -0.394 e. The van der Waals surface area contributed by atoms with E-state index in [9.17, 15) is 9.90 Å². The van der Waals surface area contributed by atoms with Gasteiger partial charge in [-0.1, -0.05) is 42.5 Å². The fraction of sp³-hybridized carbons (Fsp3) is 0.400. The normalized spacial score (nSPS) is 25.0. The maximum atomic E-state index is 12.2. The summed E-state index contributed by atoms with van der Waals surface area (Å²) < 4.78 is 0. The number of nitrogens with one attached hydrogen (secondary N) is 1. The molecule has 1 aromatic rings. The van der Waals surface area contributed by atoms with Gasteiger partial charge in [0, 0.05) is 6.04 Å². The molecule has 0 fully saturated rings. The van der Waals surface area contributed by atoms with Crippen LogP contribution >= 0.6 is 0 Å². The molecule has 19 heavy (non-hydrogen) atoms. The third-order valence-electron chi connectivity index (χ3n) is 3.58. The lowest BCUT2D eigenvalue weighted by molar-refractivity contribution is -0.126. The van der Waals surface area contributed by atoms with Crippen molar-refractivity contribution in [3.05, 3.63) is 48.0 Å². The van der Waals surface area contributed by atoms with Crippen LogP contribution in [0.5, 0.6) is 0 Å². The first-order valence-corrected chi connectivity index (χ1v) is 6.47. The molecule has 0 heterocycles. The second kappa shape index (κ2) is 5.55. The molecular weight excluding hydrogens is 240 g/mol. The summed E-state index contributed by atoms with van der Waals surface area (Å²) in [5.74, 6) is -0.297. The van der Waals surface area contributed by atoms with Crippen LogP contribution < -0.4 is 11.1 Å². The Balaban J connectivity index is 2.11. The lowest BCUT2D eigenvalue weighted by atomic mass is 9.92. The molecule has 0 saturated heterocycles. The average Bonchev–Trinajstić information content (AvgIpc) is 2.86. The van der Waals surface area contributed by atoms with Crippen molar-refractivity contribution in [2.45, 2.75) is 24.9 Å². The van der Waals surface area contributed by atoms with E-state index >= 15 is 0 Å². The summed E-state index contributed by atoms with van der Waals surface area (Å²) in [7, 11) is 0. The van der Waals surface area contributed by atoms with Gasteiger partial charge in [0.25, 0.3) is 0 Å². The van der Waals surface area contributed by atoms with Gasteiger partial charge in [0.1, 0.15) is 0 Å². The first-order chi connectivity index (χ1) is 9.05. The Hall–Kier alpha value is -1.65. The van der Waals surface area contributed by atoms with Gasteiger partial charge in [-0.3, -0.25) is 4.79 Å². The lowest BCUT2D eigenvalue weighted by Gasteiger charge is -2.30. The summed E-state index contributed by atoms with van der Waals surface area (Å²) in [6, 6.07) is 9.43. The van der Waals surface area contributed by atoms with Crippen LogP contribution in [0.2, 0.25) is 0 Å². The van der Waals surface area contributed by atoms with E-state index in [1.165, 1.54) is 0 Å². The lowest BCUT2D eigenvalue weighted by Crippen LogP contribution is -2.48. The van der Waals surface area contributed by atoms with Crippen LogP contribution in [0.4, 0.5) is 0 Å². The van der Waals surface area contributed by atoms with E-state index in [0.717, 1.165) is 5.56 Å². The smallest absolute Gasteiger partial charge is 0.227 e. The van der Waals surface area contributed by atoms with Gasteiger partial charge >= 0.3 is 0 Å². The number of amides is 1. The fourth-order valence-corrected chi connectivity index (χ4v) is 2.30. The minimum atomic E-state index is -0.765. The van der Waals surface area contributed by atoms with Crippen LogP contribution in [0, 0.1) is 5.92 Å². The number of hydrogen-bond donors (Lipinski definition) is 3. The number of rotatable bonds is 4. The first-order valence-electron chi connectivity index (χ1n) is 6.47. The monoisotopic (exact) mass is 260 g/mol. The van der Waals surface area contributed by atoms with Crippen LogP contribution in [0.25, 0.3) is 0 Å². The number of carbonyl (C=O) groups excluding carboxylic acids is 1. The Morgan fingerprint density at radius 2 is 2.11 bits per heavy atom. The fourth-order valence-electron chi connectivity index (χ4n) is 2.30.